The third-order valence-electron chi connectivity index (χ3n) is 4.49. The van der Waals surface area contributed by atoms with E-state index in [9.17, 15) is 19.8 Å². The number of nitriles is 1. The summed E-state index contributed by atoms with van der Waals surface area (Å²) in [5.41, 5.74) is 0.0357. The van der Waals surface area contributed by atoms with Gasteiger partial charge in [-0.2, -0.15) is 5.26 Å². The minimum atomic E-state index is -1.12. The molecular weight excluding hydrogens is 330 g/mol. The van der Waals surface area contributed by atoms with Gasteiger partial charge in [0, 0.05) is 23.0 Å². The van der Waals surface area contributed by atoms with Gasteiger partial charge in [-0.25, -0.2) is 4.79 Å². The standard InChI is InChI=1S/C16H23N3O4S/c1-9(20)11-12-10(5-7-18(2)3)14(24-8-4-6-17)13(16(22)23)19(12)15(11)21/h9-12,20H,4-5,7-8H2,1-3H3,(H,22,23)/t9-,10-,11-,12-/m1/s1. The summed E-state index contributed by atoms with van der Waals surface area (Å²) in [7, 11) is 3.88. The van der Waals surface area contributed by atoms with E-state index in [2.05, 4.69) is 6.07 Å². The molecular formula is C16H23N3O4S. The Morgan fingerprint density at radius 2 is 2.17 bits per heavy atom. The molecule has 132 valence electrons. The van der Waals surface area contributed by atoms with Gasteiger partial charge in [0.2, 0.25) is 5.91 Å². The van der Waals surface area contributed by atoms with Crippen molar-refractivity contribution in [3.63, 3.8) is 0 Å². The van der Waals surface area contributed by atoms with E-state index in [1.807, 2.05) is 19.0 Å². The van der Waals surface area contributed by atoms with Gasteiger partial charge in [-0.05, 0) is 34.0 Å². The molecule has 0 aromatic rings. The number of carboxylic acids is 1. The first-order valence-electron chi connectivity index (χ1n) is 7.94. The Morgan fingerprint density at radius 3 is 2.67 bits per heavy atom. The minimum absolute atomic E-state index is 0.0357. The van der Waals surface area contributed by atoms with Gasteiger partial charge in [-0.3, -0.25) is 4.79 Å². The highest BCUT2D eigenvalue weighted by molar-refractivity contribution is 8.03. The topological polar surface area (TPSA) is 105 Å². The number of carboxylic acid groups (broad SMARTS) is 1. The maximum absolute atomic E-state index is 12.4. The van der Waals surface area contributed by atoms with Crippen LogP contribution in [0.25, 0.3) is 0 Å². The van der Waals surface area contributed by atoms with Crippen molar-refractivity contribution in [3.8, 4) is 6.07 Å². The number of thioether (sulfide) groups is 1. The van der Waals surface area contributed by atoms with Gasteiger partial charge in [0.15, 0.2) is 0 Å². The van der Waals surface area contributed by atoms with E-state index < -0.39 is 18.0 Å². The number of carbonyl (C=O) groups is 2. The molecule has 2 heterocycles. The second-order valence-electron chi connectivity index (χ2n) is 6.44. The third kappa shape index (κ3) is 3.29. The zero-order chi connectivity index (χ0) is 18.0. The number of amides is 1. The Labute approximate surface area is 145 Å². The smallest absolute Gasteiger partial charge is 0.353 e. The van der Waals surface area contributed by atoms with E-state index >= 15 is 0 Å². The normalized spacial score (nSPS) is 27.1. The first-order chi connectivity index (χ1) is 11.3. The van der Waals surface area contributed by atoms with Crippen molar-refractivity contribution in [2.45, 2.75) is 31.9 Å². The predicted octanol–water partition coefficient (Wildman–Crippen LogP) is 0.719. The number of aliphatic hydroxyl groups is 1. The van der Waals surface area contributed by atoms with Crippen LogP contribution in [-0.2, 0) is 9.59 Å². The molecule has 0 aromatic heterocycles. The van der Waals surface area contributed by atoms with Gasteiger partial charge in [-0.1, -0.05) is 0 Å². The second kappa shape index (κ2) is 7.55. The maximum Gasteiger partial charge on any atom is 0.353 e. The average molecular weight is 353 g/mol. The molecule has 2 aliphatic heterocycles. The van der Waals surface area contributed by atoms with Crippen molar-refractivity contribution < 1.29 is 19.8 Å². The minimum Gasteiger partial charge on any atom is -0.477 e. The van der Waals surface area contributed by atoms with E-state index in [4.69, 9.17) is 5.26 Å². The number of nitrogens with zero attached hydrogens (tertiary/aromatic N) is 3. The van der Waals surface area contributed by atoms with E-state index in [0.29, 0.717) is 23.5 Å². The van der Waals surface area contributed by atoms with Crippen molar-refractivity contribution in [1.82, 2.24) is 9.80 Å². The maximum atomic E-state index is 12.4. The van der Waals surface area contributed by atoms with E-state index in [1.54, 1.807) is 6.92 Å². The van der Waals surface area contributed by atoms with Gasteiger partial charge < -0.3 is 20.0 Å². The van der Waals surface area contributed by atoms with Crippen LogP contribution in [0.15, 0.2) is 10.6 Å². The summed E-state index contributed by atoms with van der Waals surface area (Å²) in [6.07, 6.45) is 0.218. The number of hydrogen-bond acceptors (Lipinski definition) is 6. The number of rotatable bonds is 8. The first-order valence-corrected chi connectivity index (χ1v) is 8.92. The Hall–Kier alpha value is -1.56. The van der Waals surface area contributed by atoms with Gasteiger partial charge >= 0.3 is 5.97 Å². The number of hydrogen-bond donors (Lipinski definition) is 2. The quantitative estimate of drug-likeness (QED) is 0.489. The monoisotopic (exact) mass is 353 g/mol. The van der Waals surface area contributed by atoms with Crippen molar-refractivity contribution in [3.05, 3.63) is 10.6 Å². The summed E-state index contributed by atoms with van der Waals surface area (Å²) >= 11 is 1.35. The molecule has 7 nitrogen and oxygen atoms in total. The number of carbonyl (C=O) groups excluding carboxylic acids is 1. The highest BCUT2D eigenvalue weighted by Gasteiger charge is 2.60. The Balaban J connectivity index is 2.34. The van der Waals surface area contributed by atoms with E-state index in [0.717, 1.165) is 6.54 Å². The van der Waals surface area contributed by atoms with Crippen molar-refractivity contribution in [2.75, 3.05) is 26.4 Å². The lowest BCUT2D eigenvalue weighted by Gasteiger charge is -2.47. The van der Waals surface area contributed by atoms with Crippen LogP contribution in [0.5, 0.6) is 0 Å². The molecule has 2 N–H and O–H groups in total. The molecule has 24 heavy (non-hydrogen) atoms. The van der Waals surface area contributed by atoms with Crippen molar-refractivity contribution in [1.29, 1.82) is 5.26 Å². The Kier molecular flexibility index (Phi) is 5.91. The third-order valence-corrected chi connectivity index (χ3v) is 5.71. The zero-order valence-electron chi connectivity index (χ0n) is 14.1. The number of aliphatic hydroxyl groups excluding tert-OH is 1. The summed E-state index contributed by atoms with van der Waals surface area (Å²) in [5.74, 6) is -1.61. The Bertz CT molecular complexity index is 597. The summed E-state index contributed by atoms with van der Waals surface area (Å²) in [5, 5.41) is 28.3. The van der Waals surface area contributed by atoms with Crippen LogP contribution in [0.1, 0.15) is 19.8 Å². The van der Waals surface area contributed by atoms with Crippen LogP contribution in [0.3, 0.4) is 0 Å². The number of aliphatic carboxylic acids is 1. The fraction of sp³-hybridized carbons (Fsp3) is 0.688. The lowest BCUT2D eigenvalue weighted by Crippen LogP contribution is -2.64. The highest BCUT2D eigenvalue weighted by atomic mass is 32.2. The summed E-state index contributed by atoms with van der Waals surface area (Å²) < 4.78 is 0. The zero-order valence-corrected chi connectivity index (χ0v) is 14.9. The summed E-state index contributed by atoms with van der Waals surface area (Å²) in [4.78, 5) is 28.1. The summed E-state index contributed by atoms with van der Waals surface area (Å²) in [6, 6.07) is 1.76. The fourth-order valence-corrected chi connectivity index (χ4v) is 4.66. The van der Waals surface area contributed by atoms with Crippen LogP contribution in [0.4, 0.5) is 0 Å². The molecule has 8 heteroatoms. The molecule has 2 rings (SSSR count). The second-order valence-corrected chi connectivity index (χ2v) is 7.57. The van der Waals surface area contributed by atoms with Crippen LogP contribution in [0, 0.1) is 23.2 Å². The SMILES string of the molecule is C[C@@H](O)[C@H]1C(=O)N2C(C(=O)O)=C(SCCC#N)[C@H](CCN(C)C)[C@H]12. The molecule has 0 spiro atoms. The first kappa shape index (κ1) is 18.8. The van der Waals surface area contributed by atoms with Gasteiger partial charge in [0.05, 0.1) is 24.1 Å². The molecule has 1 amide bonds. The lowest BCUT2D eigenvalue weighted by molar-refractivity contribution is -0.163. The van der Waals surface area contributed by atoms with E-state index in [-0.39, 0.29) is 23.6 Å². The van der Waals surface area contributed by atoms with Gasteiger partial charge in [0.1, 0.15) is 5.70 Å². The van der Waals surface area contributed by atoms with Crippen LogP contribution >= 0.6 is 11.8 Å². The average Bonchev–Trinajstić information content (AvgIpc) is 2.75. The molecule has 0 aliphatic carbocycles. The van der Waals surface area contributed by atoms with Gasteiger partial charge in [-0.15, -0.1) is 11.8 Å². The molecule has 0 bridgehead atoms. The molecule has 4 atom stereocenters. The van der Waals surface area contributed by atoms with Crippen molar-refractivity contribution in [2.24, 2.45) is 11.8 Å². The molecule has 0 aromatic carbocycles. The predicted molar refractivity (Wildman–Crippen MR) is 89.8 cm³/mol. The molecule has 1 fully saturated rings. The molecule has 0 radical (unpaired) electrons. The molecule has 1 saturated heterocycles. The van der Waals surface area contributed by atoms with Crippen LogP contribution in [-0.4, -0.2) is 70.4 Å². The highest BCUT2D eigenvalue weighted by Crippen LogP contribution is 2.51. The molecule has 0 unspecified atom stereocenters. The fourth-order valence-electron chi connectivity index (χ4n) is 3.45. The largest absolute Gasteiger partial charge is 0.477 e. The van der Waals surface area contributed by atoms with Gasteiger partial charge in [0.25, 0.3) is 0 Å². The lowest BCUT2D eigenvalue weighted by atomic mass is 9.77. The number of β-lactam (4-membered cyclic amide) rings is 1. The summed E-state index contributed by atoms with van der Waals surface area (Å²) in [6.45, 7) is 2.33. The molecule has 2 aliphatic rings. The molecule has 0 saturated carbocycles. The van der Waals surface area contributed by atoms with Crippen LogP contribution in [0.2, 0.25) is 0 Å². The van der Waals surface area contributed by atoms with Crippen molar-refractivity contribution >= 4 is 23.6 Å². The van der Waals surface area contributed by atoms with E-state index in [1.165, 1.54) is 16.7 Å². The Morgan fingerprint density at radius 1 is 1.50 bits per heavy atom. The number of fused-ring (bicyclic) bond motifs is 1. The van der Waals surface area contributed by atoms with Crippen LogP contribution < -0.4 is 0 Å².